The number of aryl methyl sites for hydroxylation is 1. The number of aromatic nitrogens is 1. The summed E-state index contributed by atoms with van der Waals surface area (Å²) in [5.74, 6) is 0.761. The highest BCUT2D eigenvalue weighted by molar-refractivity contribution is 7.10. The Morgan fingerprint density at radius 2 is 2.18 bits per heavy atom. The molecule has 88 valence electrons. The molecule has 1 amide bonds. The number of hydrogen-bond acceptors (Lipinski definition) is 3. The Bertz CT molecular complexity index is 508. The fourth-order valence-electron chi connectivity index (χ4n) is 1.52. The first-order valence-corrected chi connectivity index (χ1v) is 6.27. The van der Waals surface area contributed by atoms with Crippen molar-refractivity contribution in [1.82, 2.24) is 4.98 Å². The Morgan fingerprint density at radius 1 is 1.35 bits per heavy atom. The number of likely N-dealkylation sites (N-methyl/N-ethyl adjacent to an activating group) is 1. The zero-order valence-corrected chi connectivity index (χ0v) is 10.7. The van der Waals surface area contributed by atoms with Crippen LogP contribution in [0.15, 0.2) is 35.7 Å². The van der Waals surface area contributed by atoms with Crippen LogP contribution in [-0.2, 0) is 11.2 Å². The predicted octanol–water partition coefficient (Wildman–Crippen LogP) is 2.66. The molecule has 4 heteroatoms. The van der Waals surface area contributed by atoms with Gasteiger partial charge in [0.05, 0.1) is 6.42 Å². The highest BCUT2D eigenvalue weighted by Gasteiger charge is 2.13. The number of rotatable bonds is 3. The molecule has 2 heterocycles. The molecule has 0 unspecified atom stereocenters. The van der Waals surface area contributed by atoms with Crippen molar-refractivity contribution in [2.45, 2.75) is 13.3 Å². The van der Waals surface area contributed by atoms with Crippen LogP contribution in [0.1, 0.15) is 10.6 Å². The monoisotopic (exact) mass is 246 g/mol. The van der Waals surface area contributed by atoms with Crippen LogP contribution in [0.25, 0.3) is 0 Å². The van der Waals surface area contributed by atoms with Gasteiger partial charge in [-0.3, -0.25) is 9.69 Å². The molecule has 0 radical (unpaired) electrons. The zero-order valence-electron chi connectivity index (χ0n) is 9.88. The largest absolute Gasteiger partial charge is 0.300 e. The summed E-state index contributed by atoms with van der Waals surface area (Å²) in [7, 11) is 1.76. The Morgan fingerprint density at radius 3 is 2.82 bits per heavy atom. The normalized spacial score (nSPS) is 10.2. The molecule has 0 N–H and O–H groups in total. The van der Waals surface area contributed by atoms with Crippen LogP contribution in [0, 0.1) is 6.92 Å². The fourth-order valence-corrected chi connectivity index (χ4v) is 2.22. The number of carbonyl (C=O) groups excluding carboxylic acids is 1. The van der Waals surface area contributed by atoms with E-state index < -0.39 is 0 Å². The first-order valence-electron chi connectivity index (χ1n) is 5.39. The number of anilines is 1. The van der Waals surface area contributed by atoms with E-state index >= 15 is 0 Å². The topological polar surface area (TPSA) is 33.2 Å². The van der Waals surface area contributed by atoms with Crippen molar-refractivity contribution in [2.75, 3.05) is 11.9 Å². The molecule has 17 heavy (non-hydrogen) atoms. The van der Waals surface area contributed by atoms with E-state index in [1.807, 2.05) is 42.6 Å². The predicted molar refractivity (Wildman–Crippen MR) is 70.4 cm³/mol. The summed E-state index contributed by atoms with van der Waals surface area (Å²) in [6.45, 7) is 1.92. The summed E-state index contributed by atoms with van der Waals surface area (Å²) in [6.07, 6.45) is 0.434. The summed E-state index contributed by atoms with van der Waals surface area (Å²) in [5.41, 5.74) is 0.915. The van der Waals surface area contributed by atoms with Gasteiger partial charge in [0.2, 0.25) is 5.91 Å². The van der Waals surface area contributed by atoms with Gasteiger partial charge in [-0.15, -0.1) is 11.3 Å². The van der Waals surface area contributed by atoms with Crippen LogP contribution in [-0.4, -0.2) is 17.9 Å². The van der Waals surface area contributed by atoms with Crippen molar-refractivity contribution in [3.63, 3.8) is 0 Å². The molecule has 0 bridgehead atoms. The lowest BCUT2D eigenvalue weighted by atomic mass is 10.3. The van der Waals surface area contributed by atoms with Crippen molar-refractivity contribution in [2.24, 2.45) is 0 Å². The summed E-state index contributed by atoms with van der Waals surface area (Å²) in [4.78, 5) is 19.0. The maximum absolute atomic E-state index is 12.0. The first-order chi connectivity index (χ1) is 8.16. The van der Waals surface area contributed by atoms with E-state index in [0.29, 0.717) is 12.2 Å². The lowest BCUT2D eigenvalue weighted by Gasteiger charge is -2.16. The number of amides is 1. The van der Waals surface area contributed by atoms with Crippen molar-refractivity contribution < 1.29 is 4.79 Å². The van der Waals surface area contributed by atoms with Crippen LogP contribution in [0.3, 0.4) is 0 Å². The van der Waals surface area contributed by atoms with Gasteiger partial charge in [-0.2, -0.15) is 0 Å². The number of nitrogens with zero attached hydrogens (tertiary/aromatic N) is 2. The van der Waals surface area contributed by atoms with E-state index in [0.717, 1.165) is 10.6 Å². The van der Waals surface area contributed by atoms with Crippen molar-refractivity contribution in [1.29, 1.82) is 0 Å². The number of hydrogen-bond donors (Lipinski definition) is 0. The van der Waals surface area contributed by atoms with Gasteiger partial charge in [0.15, 0.2) is 0 Å². The molecule has 2 rings (SSSR count). The molecule has 2 aromatic rings. The van der Waals surface area contributed by atoms with Gasteiger partial charge in [0.25, 0.3) is 0 Å². The Balaban J connectivity index is 2.09. The van der Waals surface area contributed by atoms with Gasteiger partial charge in [0.1, 0.15) is 5.82 Å². The van der Waals surface area contributed by atoms with Gasteiger partial charge >= 0.3 is 0 Å². The fraction of sp³-hybridized carbons (Fsp3) is 0.231. The minimum Gasteiger partial charge on any atom is -0.300 e. The number of thiophene rings is 1. The highest BCUT2D eigenvalue weighted by atomic mass is 32.1. The minimum absolute atomic E-state index is 0.0607. The average molecular weight is 246 g/mol. The van der Waals surface area contributed by atoms with E-state index in [9.17, 15) is 4.79 Å². The molecule has 0 aliphatic heterocycles. The summed E-state index contributed by atoms with van der Waals surface area (Å²) < 4.78 is 0. The molecular weight excluding hydrogens is 232 g/mol. The Kier molecular flexibility index (Phi) is 3.54. The van der Waals surface area contributed by atoms with E-state index in [-0.39, 0.29) is 5.91 Å². The quantitative estimate of drug-likeness (QED) is 0.834. The van der Waals surface area contributed by atoms with Gasteiger partial charge in [-0.05, 0) is 30.5 Å². The van der Waals surface area contributed by atoms with Crippen LogP contribution < -0.4 is 4.90 Å². The van der Waals surface area contributed by atoms with E-state index in [4.69, 9.17) is 0 Å². The SMILES string of the molecule is Cc1cccc(N(C)C(=O)Cc2cccs2)n1. The Hall–Kier alpha value is -1.68. The number of carbonyl (C=O) groups is 1. The van der Waals surface area contributed by atoms with Gasteiger partial charge < -0.3 is 0 Å². The molecule has 0 aromatic carbocycles. The third-order valence-electron chi connectivity index (χ3n) is 2.50. The molecule has 0 aliphatic rings. The lowest BCUT2D eigenvalue weighted by molar-refractivity contribution is -0.117. The zero-order chi connectivity index (χ0) is 12.3. The van der Waals surface area contributed by atoms with Crippen LogP contribution >= 0.6 is 11.3 Å². The smallest absolute Gasteiger partial charge is 0.233 e. The third kappa shape index (κ3) is 2.91. The van der Waals surface area contributed by atoms with Crippen LogP contribution in [0.4, 0.5) is 5.82 Å². The van der Waals surface area contributed by atoms with E-state index in [2.05, 4.69) is 4.98 Å². The van der Waals surface area contributed by atoms with Crippen molar-refractivity contribution in [3.05, 3.63) is 46.3 Å². The molecule has 0 atom stereocenters. The van der Waals surface area contributed by atoms with Crippen LogP contribution in [0.2, 0.25) is 0 Å². The Labute approximate surface area is 105 Å². The highest BCUT2D eigenvalue weighted by Crippen LogP contribution is 2.14. The molecule has 3 nitrogen and oxygen atoms in total. The molecule has 0 saturated carbocycles. The standard InChI is InChI=1S/C13H14N2OS/c1-10-5-3-7-12(14-10)15(2)13(16)9-11-6-4-8-17-11/h3-8H,9H2,1-2H3. The van der Waals surface area contributed by atoms with Gasteiger partial charge in [-0.25, -0.2) is 4.98 Å². The molecular formula is C13H14N2OS. The number of pyridine rings is 1. The third-order valence-corrected chi connectivity index (χ3v) is 3.37. The maximum atomic E-state index is 12.0. The summed E-state index contributed by atoms with van der Waals surface area (Å²) >= 11 is 1.60. The maximum Gasteiger partial charge on any atom is 0.233 e. The molecule has 0 saturated heterocycles. The average Bonchev–Trinajstić information content (AvgIpc) is 2.80. The van der Waals surface area contributed by atoms with E-state index in [1.54, 1.807) is 23.3 Å². The second-order valence-electron chi connectivity index (χ2n) is 3.85. The summed E-state index contributed by atoms with van der Waals surface area (Å²) in [6, 6.07) is 9.60. The molecule has 2 aromatic heterocycles. The summed E-state index contributed by atoms with van der Waals surface area (Å²) in [5, 5.41) is 1.98. The lowest BCUT2D eigenvalue weighted by Crippen LogP contribution is -2.28. The van der Waals surface area contributed by atoms with Gasteiger partial charge in [-0.1, -0.05) is 12.1 Å². The molecule has 0 spiro atoms. The van der Waals surface area contributed by atoms with E-state index in [1.165, 1.54) is 0 Å². The second kappa shape index (κ2) is 5.10. The first kappa shape index (κ1) is 11.8. The molecule has 0 fully saturated rings. The molecule has 0 aliphatic carbocycles. The van der Waals surface area contributed by atoms with Crippen LogP contribution in [0.5, 0.6) is 0 Å². The minimum atomic E-state index is 0.0607. The second-order valence-corrected chi connectivity index (χ2v) is 4.88. The van der Waals surface area contributed by atoms with Crippen molar-refractivity contribution in [3.8, 4) is 0 Å². The van der Waals surface area contributed by atoms with Crippen molar-refractivity contribution >= 4 is 23.1 Å². The van der Waals surface area contributed by atoms with Gasteiger partial charge in [0, 0.05) is 17.6 Å².